The summed E-state index contributed by atoms with van der Waals surface area (Å²) in [6.45, 7) is 8.77. The number of nitrogens with zero attached hydrogens (tertiary/aromatic N) is 1. The number of halogens is 2. The Kier molecular flexibility index (Phi) is 5.25. The van der Waals surface area contributed by atoms with Gasteiger partial charge in [-0.15, -0.1) is 0 Å². The highest BCUT2D eigenvalue weighted by Crippen LogP contribution is 2.38. The highest BCUT2D eigenvalue weighted by molar-refractivity contribution is 6.56. The van der Waals surface area contributed by atoms with Gasteiger partial charge in [0.25, 0.3) is 0 Å². The van der Waals surface area contributed by atoms with E-state index in [-0.39, 0.29) is 11.2 Å². The average Bonchev–Trinajstić information content (AvgIpc) is 2.62. The molecule has 2 rings (SSSR count). The SMILES string of the molecule is CNCC(=Cc1cnc(Cl)c(Cl)c1)B1OC(C)(C)C(C)(C)O1. The van der Waals surface area contributed by atoms with Gasteiger partial charge in [0.2, 0.25) is 0 Å². The van der Waals surface area contributed by atoms with Crippen molar-refractivity contribution in [3.05, 3.63) is 33.5 Å². The lowest BCUT2D eigenvalue weighted by Crippen LogP contribution is -2.41. The van der Waals surface area contributed by atoms with E-state index in [4.69, 9.17) is 32.5 Å². The minimum absolute atomic E-state index is 0.296. The van der Waals surface area contributed by atoms with Crippen LogP contribution in [0.4, 0.5) is 0 Å². The number of hydrogen-bond acceptors (Lipinski definition) is 4. The highest BCUT2D eigenvalue weighted by Gasteiger charge is 2.52. The van der Waals surface area contributed by atoms with Gasteiger partial charge >= 0.3 is 7.12 Å². The van der Waals surface area contributed by atoms with Crippen molar-refractivity contribution in [3.63, 3.8) is 0 Å². The minimum atomic E-state index is -0.410. The molecular weight excluding hydrogens is 322 g/mol. The zero-order valence-electron chi connectivity index (χ0n) is 13.5. The van der Waals surface area contributed by atoms with Crippen LogP contribution >= 0.6 is 23.2 Å². The predicted molar refractivity (Wildman–Crippen MR) is 92.2 cm³/mol. The van der Waals surface area contributed by atoms with E-state index < -0.39 is 7.12 Å². The third kappa shape index (κ3) is 3.66. The largest absolute Gasteiger partial charge is 0.491 e. The Balaban J connectivity index is 2.31. The maximum absolute atomic E-state index is 6.09. The molecular formula is C15H21BCl2N2O2. The molecule has 1 fully saturated rings. The molecule has 0 unspecified atom stereocenters. The number of nitrogens with one attached hydrogen (secondary N) is 1. The van der Waals surface area contributed by atoms with Gasteiger partial charge in [-0.2, -0.15) is 0 Å². The number of hydrogen-bond donors (Lipinski definition) is 1. The first-order chi connectivity index (χ1) is 10.2. The second-order valence-corrected chi connectivity index (χ2v) is 7.14. The fraction of sp³-hybridized carbons (Fsp3) is 0.533. The van der Waals surface area contributed by atoms with Gasteiger partial charge in [-0.3, -0.25) is 0 Å². The van der Waals surface area contributed by atoms with E-state index in [1.807, 2.05) is 40.8 Å². The molecule has 1 saturated heterocycles. The lowest BCUT2D eigenvalue weighted by Gasteiger charge is -2.32. The molecule has 1 aromatic rings. The standard InChI is InChI=1S/C15H21BCl2N2O2/c1-14(2)15(3,4)22-16(21-14)11(9-19-5)6-10-7-12(17)13(18)20-8-10/h6-8,19H,9H2,1-5H3. The molecule has 2 heterocycles. The van der Waals surface area contributed by atoms with Crippen molar-refractivity contribution in [1.82, 2.24) is 10.3 Å². The summed E-state index contributed by atoms with van der Waals surface area (Å²) in [6, 6.07) is 1.78. The maximum atomic E-state index is 6.09. The second-order valence-electron chi connectivity index (χ2n) is 6.38. The first-order valence-corrected chi connectivity index (χ1v) is 7.93. The number of likely N-dealkylation sites (N-methyl/N-ethyl adjacent to an activating group) is 1. The summed E-state index contributed by atoms with van der Waals surface area (Å²) >= 11 is 11.9. The summed E-state index contributed by atoms with van der Waals surface area (Å²) < 4.78 is 12.2. The van der Waals surface area contributed by atoms with Gasteiger partial charge in [0.1, 0.15) is 5.15 Å². The maximum Gasteiger partial charge on any atom is 0.491 e. The fourth-order valence-corrected chi connectivity index (χ4v) is 2.41. The molecule has 0 saturated carbocycles. The van der Waals surface area contributed by atoms with Gasteiger partial charge in [-0.05, 0) is 51.8 Å². The molecule has 0 spiro atoms. The van der Waals surface area contributed by atoms with Crippen molar-refractivity contribution in [2.24, 2.45) is 0 Å². The molecule has 1 N–H and O–H groups in total. The molecule has 1 aromatic heterocycles. The summed E-state index contributed by atoms with van der Waals surface area (Å²) in [5, 5.41) is 3.86. The molecule has 120 valence electrons. The summed E-state index contributed by atoms with van der Waals surface area (Å²) in [5.41, 5.74) is 1.08. The van der Waals surface area contributed by atoms with Crippen LogP contribution in [0.1, 0.15) is 33.3 Å². The second kappa shape index (κ2) is 6.50. The normalized spacial score (nSPS) is 20.5. The van der Waals surface area contributed by atoms with E-state index in [2.05, 4.69) is 10.3 Å². The van der Waals surface area contributed by atoms with Gasteiger partial charge in [0.05, 0.1) is 16.2 Å². The van der Waals surface area contributed by atoms with Crippen LogP contribution in [0.15, 0.2) is 17.7 Å². The van der Waals surface area contributed by atoms with Crippen LogP contribution in [0.2, 0.25) is 10.2 Å². The van der Waals surface area contributed by atoms with Crippen LogP contribution in [0.25, 0.3) is 6.08 Å². The molecule has 0 aliphatic carbocycles. The predicted octanol–water partition coefficient (Wildman–Crippen LogP) is 3.62. The molecule has 0 amide bonds. The smallest absolute Gasteiger partial charge is 0.400 e. The van der Waals surface area contributed by atoms with Crippen molar-refractivity contribution >= 4 is 36.4 Å². The molecule has 0 radical (unpaired) electrons. The number of rotatable bonds is 4. The molecule has 22 heavy (non-hydrogen) atoms. The van der Waals surface area contributed by atoms with Crippen LogP contribution < -0.4 is 5.32 Å². The van der Waals surface area contributed by atoms with Crippen LogP contribution in [0.5, 0.6) is 0 Å². The minimum Gasteiger partial charge on any atom is -0.400 e. The van der Waals surface area contributed by atoms with Crippen molar-refractivity contribution < 1.29 is 9.31 Å². The van der Waals surface area contributed by atoms with Crippen molar-refractivity contribution in [2.45, 2.75) is 38.9 Å². The topological polar surface area (TPSA) is 43.4 Å². The summed E-state index contributed by atoms with van der Waals surface area (Å²) in [4.78, 5) is 4.06. The molecule has 1 aliphatic heterocycles. The Morgan fingerprint density at radius 1 is 1.27 bits per heavy atom. The van der Waals surface area contributed by atoms with Gasteiger partial charge in [0, 0.05) is 12.7 Å². The fourth-order valence-electron chi connectivity index (χ4n) is 2.13. The van der Waals surface area contributed by atoms with E-state index in [0.717, 1.165) is 11.0 Å². The Labute approximate surface area is 142 Å². The highest BCUT2D eigenvalue weighted by atomic mass is 35.5. The van der Waals surface area contributed by atoms with Crippen LogP contribution in [-0.2, 0) is 9.31 Å². The number of pyridine rings is 1. The van der Waals surface area contributed by atoms with Gasteiger partial charge in [-0.25, -0.2) is 4.98 Å². The van der Waals surface area contributed by atoms with Crippen molar-refractivity contribution in [1.29, 1.82) is 0 Å². The van der Waals surface area contributed by atoms with Gasteiger partial charge < -0.3 is 14.6 Å². The Bertz CT molecular complexity index is 575. The van der Waals surface area contributed by atoms with Crippen molar-refractivity contribution in [3.8, 4) is 0 Å². The van der Waals surface area contributed by atoms with Gasteiger partial charge in [-0.1, -0.05) is 29.3 Å². The van der Waals surface area contributed by atoms with E-state index in [1.54, 1.807) is 12.3 Å². The van der Waals surface area contributed by atoms with E-state index in [9.17, 15) is 0 Å². The zero-order chi connectivity index (χ0) is 16.5. The van der Waals surface area contributed by atoms with Gasteiger partial charge in [0.15, 0.2) is 0 Å². The van der Waals surface area contributed by atoms with Crippen LogP contribution in [0, 0.1) is 0 Å². The molecule has 0 bridgehead atoms. The summed E-state index contributed by atoms with van der Waals surface area (Å²) in [6.07, 6.45) is 3.64. The molecule has 0 aromatic carbocycles. The van der Waals surface area contributed by atoms with E-state index in [1.165, 1.54) is 0 Å². The third-order valence-corrected chi connectivity index (χ3v) is 4.79. The monoisotopic (exact) mass is 342 g/mol. The summed E-state index contributed by atoms with van der Waals surface area (Å²) in [5.74, 6) is 0. The van der Waals surface area contributed by atoms with Crippen LogP contribution in [0.3, 0.4) is 0 Å². The zero-order valence-corrected chi connectivity index (χ0v) is 15.0. The lowest BCUT2D eigenvalue weighted by atomic mass is 9.77. The Morgan fingerprint density at radius 3 is 2.36 bits per heavy atom. The first kappa shape index (κ1) is 17.8. The quantitative estimate of drug-likeness (QED) is 0.670. The van der Waals surface area contributed by atoms with Crippen molar-refractivity contribution in [2.75, 3.05) is 13.6 Å². The van der Waals surface area contributed by atoms with E-state index >= 15 is 0 Å². The molecule has 7 heteroatoms. The number of aromatic nitrogens is 1. The average molecular weight is 343 g/mol. The molecule has 1 aliphatic rings. The first-order valence-electron chi connectivity index (χ1n) is 7.18. The van der Waals surface area contributed by atoms with Crippen LogP contribution in [-0.4, -0.2) is 36.9 Å². The molecule has 4 nitrogen and oxygen atoms in total. The molecule has 0 atom stereocenters. The summed E-state index contributed by atoms with van der Waals surface area (Å²) in [7, 11) is 1.47. The Morgan fingerprint density at radius 2 is 1.86 bits per heavy atom. The lowest BCUT2D eigenvalue weighted by molar-refractivity contribution is 0.00578. The third-order valence-electron chi connectivity index (χ3n) is 4.11. The Hall–Kier alpha value is -0.585. The van der Waals surface area contributed by atoms with E-state index in [0.29, 0.717) is 16.7 Å².